The van der Waals surface area contributed by atoms with E-state index in [1.165, 1.54) is 21.8 Å². The molecular formula is C13H11BO. The first kappa shape index (κ1) is 8.60. The predicted molar refractivity (Wildman–Crippen MR) is 66.6 cm³/mol. The summed E-state index contributed by atoms with van der Waals surface area (Å²) in [6.07, 6.45) is 0. The van der Waals surface area contributed by atoms with Gasteiger partial charge in [-0.15, -0.1) is 0 Å². The Morgan fingerprint density at radius 3 is 2.80 bits per heavy atom. The molecule has 0 N–H and O–H groups in total. The molecule has 0 amide bonds. The van der Waals surface area contributed by atoms with Crippen molar-refractivity contribution in [3.8, 4) is 0 Å². The van der Waals surface area contributed by atoms with Crippen LogP contribution in [0.2, 0.25) is 0 Å². The summed E-state index contributed by atoms with van der Waals surface area (Å²) < 4.78 is 5.81. The minimum absolute atomic E-state index is 0.982. The third-order valence-electron chi connectivity index (χ3n) is 2.86. The predicted octanol–water partition coefficient (Wildman–Crippen LogP) is 2.15. The van der Waals surface area contributed by atoms with Gasteiger partial charge in [-0.25, -0.2) is 0 Å². The minimum atomic E-state index is 0.982. The van der Waals surface area contributed by atoms with Gasteiger partial charge in [-0.1, -0.05) is 29.7 Å². The highest BCUT2D eigenvalue weighted by Gasteiger charge is 2.07. The van der Waals surface area contributed by atoms with Crippen molar-refractivity contribution in [2.24, 2.45) is 0 Å². The lowest BCUT2D eigenvalue weighted by atomic mass is 9.91. The molecule has 0 aliphatic rings. The Morgan fingerprint density at radius 2 is 1.93 bits per heavy atom. The Hall–Kier alpha value is -1.70. The van der Waals surface area contributed by atoms with Crippen LogP contribution in [0.4, 0.5) is 0 Å². The number of hydrogen-bond acceptors (Lipinski definition) is 1. The Bertz CT molecular complexity index is 652. The van der Waals surface area contributed by atoms with E-state index >= 15 is 0 Å². The molecule has 0 aliphatic carbocycles. The molecule has 3 aromatic rings. The van der Waals surface area contributed by atoms with E-state index in [9.17, 15) is 0 Å². The van der Waals surface area contributed by atoms with Gasteiger partial charge < -0.3 is 4.42 Å². The lowest BCUT2D eigenvalue weighted by molar-refractivity contribution is 0.668. The molecule has 0 unspecified atom stereocenters. The number of aryl methyl sites for hydroxylation is 1. The van der Waals surface area contributed by atoms with Crippen molar-refractivity contribution < 1.29 is 4.42 Å². The number of rotatable bonds is 0. The van der Waals surface area contributed by atoms with Gasteiger partial charge in [0.05, 0.1) is 0 Å². The summed E-state index contributed by atoms with van der Waals surface area (Å²) in [7, 11) is 2.12. The SMILES string of the molecule is Bc1cccc2oc3cc(C)ccc3c12. The van der Waals surface area contributed by atoms with Crippen LogP contribution in [0.25, 0.3) is 21.9 Å². The standard InChI is InChI=1S/C13H11BO/c1-8-5-6-9-12(7-8)15-11-4-2-3-10(14)13(9)11/h2-7H,14H2,1H3. The summed E-state index contributed by atoms with van der Waals surface area (Å²) in [5.41, 5.74) is 4.48. The van der Waals surface area contributed by atoms with Gasteiger partial charge in [-0.3, -0.25) is 0 Å². The molecule has 2 aromatic carbocycles. The molecule has 0 saturated heterocycles. The van der Waals surface area contributed by atoms with E-state index in [0.29, 0.717) is 0 Å². The molecule has 15 heavy (non-hydrogen) atoms. The van der Waals surface area contributed by atoms with Gasteiger partial charge in [0.25, 0.3) is 0 Å². The van der Waals surface area contributed by atoms with Crippen LogP contribution in [0.5, 0.6) is 0 Å². The lowest BCUT2D eigenvalue weighted by Gasteiger charge is -1.94. The van der Waals surface area contributed by atoms with Crippen LogP contribution < -0.4 is 5.46 Å². The number of hydrogen-bond donors (Lipinski definition) is 0. The summed E-state index contributed by atoms with van der Waals surface area (Å²) in [4.78, 5) is 0. The topological polar surface area (TPSA) is 13.1 Å². The fourth-order valence-corrected chi connectivity index (χ4v) is 2.11. The third-order valence-corrected chi connectivity index (χ3v) is 2.86. The van der Waals surface area contributed by atoms with Gasteiger partial charge in [0.15, 0.2) is 0 Å². The average molecular weight is 194 g/mol. The Balaban J connectivity index is 2.59. The van der Waals surface area contributed by atoms with E-state index in [0.717, 1.165) is 11.2 Å². The van der Waals surface area contributed by atoms with Gasteiger partial charge in [-0.2, -0.15) is 0 Å². The average Bonchev–Trinajstić information content (AvgIpc) is 2.56. The van der Waals surface area contributed by atoms with Crippen LogP contribution in [0.1, 0.15) is 5.56 Å². The monoisotopic (exact) mass is 194 g/mol. The molecule has 0 radical (unpaired) electrons. The van der Waals surface area contributed by atoms with Crippen LogP contribution >= 0.6 is 0 Å². The maximum Gasteiger partial charge on any atom is 0.140 e. The maximum atomic E-state index is 5.81. The zero-order valence-corrected chi connectivity index (χ0v) is 8.87. The van der Waals surface area contributed by atoms with E-state index in [1.54, 1.807) is 0 Å². The second-order valence-corrected chi connectivity index (χ2v) is 4.05. The molecule has 3 rings (SSSR count). The van der Waals surface area contributed by atoms with E-state index in [-0.39, 0.29) is 0 Å². The molecule has 1 heterocycles. The van der Waals surface area contributed by atoms with Crippen LogP contribution in [0.15, 0.2) is 40.8 Å². The Labute approximate surface area is 89.1 Å². The van der Waals surface area contributed by atoms with Crippen molar-refractivity contribution in [3.63, 3.8) is 0 Å². The molecule has 0 saturated carbocycles. The van der Waals surface area contributed by atoms with Crippen LogP contribution in [-0.4, -0.2) is 7.85 Å². The second kappa shape index (κ2) is 2.90. The van der Waals surface area contributed by atoms with Crippen molar-refractivity contribution in [2.45, 2.75) is 6.92 Å². The molecule has 1 nitrogen and oxygen atoms in total. The third kappa shape index (κ3) is 1.18. The van der Waals surface area contributed by atoms with Crippen molar-refractivity contribution in [1.29, 1.82) is 0 Å². The van der Waals surface area contributed by atoms with Crippen LogP contribution in [-0.2, 0) is 0 Å². The Morgan fingerprint density at radius 1 is 1.07 bits per heavy atom. The van der Waals surface area contributed by atoms with Gasteiger partial charge in [0.1, 0.15) is 19.0 Å². The van der Waals surface area contributed by atoms with E-state index in [4.69, 9.17) is 4.42 Å². The van der Waals surface area contributed by atoms with Crippen molar-refractivity contribution in [3.05, 3.63) is 42.0 Å². The van der Waals surface area contributed by atoms with Crippen molar-refractivity contribution >= 4 is 35.2 Å². The smallest absolute Gasteiger partial charge is 0.140 e. The second-order valence-electron chi connectivity index (χ2n) is 4.05. The molecule has 2 heteroatoms. The quantitative estimate of drug-likeness (QED) is 0.499. The molecule has 0 fully saturated rings. The Kier molecular flexibility index (Phi) is 1.66. The first-order chi connectivity index (χ1) is 7.25. The van der Waals surface area contributed by atoms with Gasteiger partial charge in [0.2, 0.25) is 0 Å². The zero-order valence-electron chi connectivity index (χ0n) is 8.87. The first-order valence-electron chi connectivity index (χ1n) is 5.14. The lowest BCUT2D eigenvalue weighted by Crippen LogP contribution is -2.00. The van der Waals surface area contributed by atoms with Gasteiger partial charge in [0, 0.05) is 10.8 Å². The molecule has 0 atom stereocenters. The highest BCUT2D eigenvalue weighted by Crippen LogP contribution is 2.27. The maximum absolute atomic E-state index is 5.81. The van der Waals surface area contributed by atoms with E-state index in [1.807, 2.05) is 12.1 Å². The number of furan rings is 1. The molecule has 72 valence electrons. The summed E-state index contributed by atoms with van der Waals surface area (Å²) in [6, 6.07) is 12.5. The van der Waals surface area contributed by atoms with Crippen LogP contribution in [0, 0.1) is 6.92 Å². The fraction of sp³-hybridized carbons (Fsp3) is 0.0769. The molecule has 0 bridgehead atoms. The number of fused-ring (bicyclic) bond motifs is 3. The highest BCUT2D eigenvalue weighted by molar-refractivity contribution is 6.41. The molecule has 0 spiro atoms. The van der Waals surface area contributed by atoms with Crippen molar-refractivity contribution in [1.82, 2.24) is 0 Å². The largest absolute Gasteiger partial charge is 0.456 e. The normalized spacial score (nSPS) is 11.3. The molecular weight excluding hydrogens is 183 g/mol. The summed E-state index contributed by atoms with van der Waals surface area (Å²) >= 11 is 0. The van der Waals surface area contributed by atoms with Crippen molar-refractivity contribution in [2.75, 3.05) is 0 Å². The summed E-state index contributed by atoms with van der Waals surface area (Å²) in [6.45, 7) is 2.08. The van der Waals surface area contributed by atoms with E-state index < -0.39 is 0 Å². The zero-order chi connectivity index (χ0) is 10.4. The van der Waals surface area contributed by atoms with Gasteiger partial charge in [-0.05, 0) is 24.6 Å². The summed E-state index contributed by atoms with van der Waals surface area (Å²) in [5, 5.41) is 2.46. The van der Waals surface area contributed by atoms with E-state index in [2.05, 4.69) is 39.0 Å². The van der Waals surface area contributed by atoms with Crippen LogP contribution in [0.3, 0.4) is 0 Å². The number of benzene rings is 2. The highest BCUT2D eigenvalue weighted by atomic mass is 16.3. The van der Waals surface area contributed by atoms with Gasteiger partial charge >= 0.3 is 0 Å². The molecule has 0 aliphatic heterocycles. The molecule has 1 aromatic heterocycles. The first-order valence-corrected chi connectivity index (χ1v) is 5.14. The summed E-state index contributed by atoms with van der Waals surface area (Å²) in [5.74, 6) is 0. The fourth-order valence-electron chi connectivity index (χ4n) is 2.11. The minimum Gasteiger partial charge on any atom is -0.456 e.